The number of aliphatic carboxylic acids is 1. The molecule has 0 saturated heterocycles. The van der Waals surface area contributed by atoms with E-state index >= 15 is 0 Å². The number of carbonyl (C=O) groups is 1. The van der Waals surface area contributed by atoms with Gasteiger partial charge in [-0.25, -0.2) is 0 Å². The molecule has 1 saturated carbocycles. The third kappa shape index (κ3) is 5.86. The Hall–Kier alpha value is -1.43. The van der Waals surface area contributed by atoms with Crippen molar-refractivity contribution in [3.63, 3.8) is 0 Å². The summed E-state index contributed by atoms with van der Waals surface area (Å²) in [6.45, 7) is 19.9. The van der Waals surface area contributed by atoms with Crippen molar-refractivity contribution in [2.75, 3.05) is 13.9 Å². The SMILES string of the molecule is C=C(CCC[C@H]1CC=C2C3=C([C@@H](O)CC21C)C1(C)CCC(OCOC)C(C)(C)C1CC3)C(C)C.CC(=O)O. The molecule has 0 spiro atoms. The van der Waals surface area contributed by atoms with Gasteiger partial charge in [0.2, 0.25) is 0 Å². The minimum Gasteiger partial charge on any atom is -0.481 e. The molecule has 4 unspecified atom stereocenters. The third-order valence-electron chi connectivity index (χ3n) is 10.7. The summed E-state index contributed by atoms with van der Waals surface area (Å²) in [5.41, 5.74) is 6.13. The van der Waals surface area contributed by atoms with E-state index in [0.717, 1.165) is 39.0 Å². The number of ether oxygens (including phenoxy) is 2. The van der Waals surface area contributed by atoms with Crippen molar-refractivity contribution in [1.29, 1.82) is 0 Å². The van der Waals surface area contributed by atoms with Crippen LogP contribution in [0.3, 0.4) is 0 Å². The summed E-state index contributed by atoms with van der Waals surface area (Å²) >= 11 is 0. The fourth-order valence-corrected chi connectivity index (χ4v) is 8.64. The number of methoxy groups -OCH3 is 1. The molecule has 0 amide bonds. The molecule has 0 aliphatic heterocycles. The maximum atomic E-state index is 11.8. The summed E-state index contributed by atoms with van der Waals surface area (Å²) in [5, 5.41) is 19.2. The van der Waals surface area contributed by atoms with E-state index in [-0.39, 0.29) is 28.5 Å². The van der Waals surface area contributed by atoms with Crippen LogP contribution in [0.2, 0.25) is 0 Å². The summed E-state index contributed by atoms with van der Waals surface area (Å²) in [6.07, 6.45) is 12.5. The Balaban J connectivity index is 0.000000934. The average Bonchev–Trinajstić information content (AvgIpc) is 3.13. The highest BCUT2D eigenvalue weighted by atomic mass is 16.7. The summed E-state index contributed by atoms with van der Waals surface area (Å²) in [5.74, 6) is 0.909. The lowest BCUT2D eigenvalue weighted by Crippen LogP contribution is -2.55. The molecule has 5 nitrogen and oxygen atoms in total. The van der Waals surface area contributed by atoms with E-state index in [1.807, 2.05) is 0 Å². The van der Waals surface area contributed by atoms with Crippen molar-refractivity contribution < 1.29 is 24.5 Å². The number of rotatable bonds is 8. The zero-order valence-electron chi connectivity index (χ0n) is 25.4. The molecular weight excluding hydrogens is 476 g/mol. The number of carboxylic acids is 1. The van der Waals surface area contributed by atoms with E-state index < -0.39 is 5.97 Å². The van der Waals surface area contributed by atoms with Crippen LogP contribution in [0, 0.1) is 34.0 Å². The summed E-state index contributed by atoms with van der Waals surface area (Å²) < 4.78 is 11.4. The normalized spacial score (nSPS) is 35.5. The van der Waals surface area contributed by atoms with Crippen LogP contribution >= 0.6 is 0 Å². The van der Waals surface area contributed by atoms with Gasteiger partial charge in [-0.2, -0.15) is 0 Å². The van der Waals surface area contributed by atoms with Crippen molar-refractivity contribution in [3.8, 4) is 0 Å². The quantitative estimate of drug-likeness (QED) is 0.248. The van der Waals surface area contributed by atoms with Gasteiger partial charge in [-0.05, 0) is 109 Å². The lowest BCUT2D eigenvalue weighted by Gasteiger charge is -2.60. The monoisotopic (exact) mass is 530 g/mol. The Kier molecular flexibility index (Phi) is 9.80. The van der Waals surface area contributed by atoms with Gasteiger partial charge < -0.3 is 19.7 Å². The molecule has 38 heavy (non-hydrogen) atoms. The van der Waals surface area contributed by atoms with Crippen LogP contribution in [0.4, 0.5) is 0 Å². The highest BCUT2D eigenvalue weighted by molar-refractivity contribution is 5.63. The highest BCUT2D eigenvalue weighted by Crippen LogP contribution is 2.66. The first-order valence-electron chi connectivity index (χ1n) is 14.8. The van der Waals surface area contributed by atoms with E-state index in [9.17, 15) is 5.11 Å². The fraction of sp³-hybridized carbons (Fsp3) is 0.788. The number of aliphatic hydroxyl groups is 1. The molecule has 216 valence electrons. The van der Waals surface area contributed by atoms with E-state index in [1.165, 1.54) is 42.4 Å². The van der Waals surface area contributed by atoms with Gasteiger partial charge in [-0.1, -0.05) is 59.8 Å². The molecule has 5 heteroatoms. The van der Waals surface area contributed by atoms with Gasteiger partial charge in [0.15, 0.2) is 0 Å². The average molecular weight is 531 g/mol. The zero-order valence-corrected chi connectivity index (χ0v) is 25.4. The van der Waals surface area contributed by atoms with Crippen molar-refractivity contribution in [2.24, 2.45) is 34.0 Å². The molecule has 0 heterocycles. The first-order chi connectivity index (χ1) is 17.7. The predicted molar refractivity (Wildman–Crippen MR) is 154 cm³/mol. The van der Waals surface area contributed by atoms with E-state index in [1.54, 1.807) is 12.7 Å². The van der Waals surface area contributed by atoms with Crippen molar-refractivity contribution in [3.05, 3.63) is 34.9 Å². The van der Waals surface area contributed by atoms with Crippen molar-refractivity contribution in [2.45, 2.75) is 118 Å². The fourth-order valence-electron chi connectivity index (χ4n) is 8.64. The minimum absolute atomic E-state index is 0.0543. The second-order valence-corrected chi connectivity index (χ2v) is 13.7. The first kappa shape index (κ1) is 31.1. The maximum absolute atomic E-state index is 11.8. The Morgan fingerprint density at radius 1 is 1.18 bits per heavy atom. The third-order valence-corrected chi connectivity index (χ3v) is 10.7. The Bertz CT molecular complexity index is 939. The summed E-state index contributed by atoms with van der Waals surface area (Å²) in [6, 6.07) is 0. The number of fused-ring (bicyclic) bond motifs is 4. The summed E-state index contributed by atoms with van der Waals surface area (Å²) in [4.78, 5) is 9.00. The molecule has 0 radical (unpaired) electrons. The van der Waals surface area contributed by atoms with Gasteiger partial charge in [-0.3, -0.25) is 4.79 Å². The van der Waals surface area contributed by atoms with E-state index in [4.69, 9.17) is 19.4 Å². The molecular formula is C33H54O5. The molecule has 0 bridgehead atoms. The summed E-state index contributed by atoms with van der Waals surface area (Å²) in [7, 11) is 1.70. The number of allylic oxidation sites excluding steroid dienone is 4. The lowest BCUT2D eigenvalue weighted by molar-refractivity contribution is -0.166. The number of hydrogen-bond acceptors (Lipinski definition) is 4. The number of aliphatic hydroxyl groups excluding tert-OH is 1. The van der Waals surface area contributed by atoms with E-state index in [2.05, 4.69) is 54.2 Å². The van der Waals surface area contributed by atoms with Crippen molar-refractivity contribution in [1.82, 2.24) is 0 Å². The predicted octanol–water partition coefficient (Wildman–Crippen LogP) is 7.70. The Labute approximate surface area is 231 Å². The van der Waals surface area contributed by atoms with Crippen LogP contribution in [-0.2, 0) is 14.3 Å². The van der Waals surface area contributed by atoms with Crippen LogP contribution < -0.4 is 0 Å². The van der Waals surface area contributed by atoms with Gasteiger partial charge in [-0.15, -0.1) is 0 Å². The van der Waals surface area contributed by atoms with Crippen LogP contribution in [0.15, 0.2) is 34.9 Å². The van der Waals surface area contributed by atoms with Crippen molar-refractivity contribution >= 4 is 5.97 Å². The molecule has 0 aromatic heterocycles. The maximum Gasteiger partial charge on any atom is 0.300 e. The van der Waals surface area contributed by atoms with Crippen LogP contribution in [0.1, 0.15) is 106 Å². The number of hydrogen-bond donors (Lipinski definition) is 2. The van der Waals surface area contributed by atoms with Gasteiger partial charge >= 0.3 is 0 Å². The molecule has 0 aromatic rings. The zero-order chi connectivity index (χ0) is 28.5. The topological polar surface area (TPSA) is 76.0 Å². The van der Waals surface area contributed by atoms with Gasteiger partial charge in [0, 0.05) is 14.0 Å². The molecule has 4 rings (SSSR count). The smallest absolute Gasteiger partial charge is 0.300 e. The standard InChI is InChI=1S/C31H50O3.C2H4O2/c1-20(2)21(3)10-9-11-22-12-14-24-23-13-15-26-29(4,5)27(34-19-33-8)16-17-30(26,6)28(23)25(32)18-31(22,24)7;1-2(3)4/h14,20,22,25-27,32H,3,9-13,15-19H2,1-2,4-8H3;1H3,(H,3,4)/t22-,25-,26?,27?,30?,31?;/m0./s1. The highest BCUT2D eigenvalue weighted by Gasteiger charge is 2.59. The molecule has 0 aromatic carbocycles. The lowest BCUT2D eigenvalue weighted by atomic mass is 9.46. The first-order valence-corrected chi connectivity index (χ1v) is 14.8. The van der Waals surface area contributed by atoms with Gasteiger partial charge in [0.05, 0.1) is 12.2 Å². The number of carboxylic acid groups (broad SMARTS) is 1. The second kappa shape index (κ2) is 12.0. The van der Waals surface area contributed by atoms with Crippen LogP contribution in [0.5, 0.6) is 0 Å². The molecule has 2 N–H and O–H groups in total. The largest absolute Gasteiger partial charge is 0.481 e. The second-order valence-electron chi connectivity index (χ2n) is 13.7. The molecule has 4 aliphatic carbocycles. The van der Waals surface area contributed by atoms with Crippen LogP contribution in [-0.4, -0.2) is 42.3 Å². The molecule has 4 aliphatic rings. The Morgan fingerprint density at radius 2 is 1.84 bits per heavy atom. The molecule has 1 fully saturated rings. The van der Waals surface area contributed by atoms with Gasteiger partial charge in [0.1, 0.15) is 6.79 Å². The molecule has 6 atom stereocenters. The minimum atomic E-state index is -0.833. The van der Waals surface area contributed by atoms with Gasteiger partial charge in [0.25, 0.3) is 5.97 Å². The van der Waals surface area contributed by atoms with Crippen LogP contribution in [0.25, 0.3) is 0 Å². The van der Waals surface area contributed by atoms with E-state index in [0.29, 0.717) is 24.5 Å². The Morgan fingerprint density at radius 3 is 2.45 bits per heavy atom.